The van der Waals surface area contributed by atoms with Crippen LogP contribution in [0.4, 0.5) is 11.6 Å². The van der Waals surface area contributed by atoms with Crippen molar-refractivity contribution in [2.45, 2.75) is 10.9 Å². The van der Waals surface area contributed by atoms with Gasteiger partial charge in [-0.25, -0.2) is 9.97 Å². The molecular weight excluding hydrogens is 328 g/mol. The highest BCUT2D eigenvalue weighted by atomic mass is 79.9. The number of nitrogens with two attached hydrogens (primary N) is 2. The Bertz CT molecular complexity index is 574. The van der Waals surface area contributed by atoms with Crippen molar-refractivity contribution in [2.75, 3.05) is 18.6 Å². The average molecular weight is 341 g/mol. The predicted octanol–water partition coefficient (Wildman–Crippen LogP) is 2.70. The molecule has 0 aliphatic carbocycles. The summed E-state index contributed by atoms with van der Waals surface area (Å²) in [7, 11) is 1.65. The first kappa shape index (κ1) is 14.0. The van der Waals surface area contributed by atoms with E-state index in [1.807, 2.05) is 18.2 Å². The van der Waals surface area contributed by atoms with Crippen molar-refractivity contribution in [3.63, 3.8) is 0 Å². The van der Waals surface area contributed by atoms with E-state index in [1.54, 1.807) is 7.11 Å². The van der Waals surface area contributed by atoms with Crippen LogP contribution in [0.25, 0.3) is 0 Å². The van der Waals surface area contributed by atoms with Gasteiger partial charge in [-0.3, -0.25) is 0 Å². The molecule has 0 unspecified atom stereocenters. The van der Waals surface area contributed by atoms with Crippen LogP contribution in [0.1, 0.15) is 5.56 Å². The average Bonchev–Trinajstić information content (AvgIpc) is 2.35. The number of rotatable bonds is 4. The van der Waals surface area contributed by atoms with Gasteiger partial charge in [-0.15, -0.1) is 0 Å². The first-order valence-electron chi connectivity index (χ1n) is 5.43. The number of nitrogens with zero attached hydrogens (tertiary/aromatic N) is 2. The minimum absolute atomic E-state index is 0.371. The molecule has 100 valence electrons. The Morgan fingerprint density at radius 1 is 1.21 bits per heavy atom. The van der Waals surface area contributed by atoms with Gasteiger partial charge in [0.2, 0.25) is 0 Å². The summed E-state index contributed by atoms with van der Waals surface area (Å²) in [6.07, 6.45) is 0. The Labute approximate surface area is 123 Å². The standard InChI is InChI=1S/C12H13BrN4OS/c1-18-9-3-2-8(13)4-7(9)6-19-12-16-10(14)5-11(15)17-12/h2-5H,6H2,1H3,(H4,14,15,16,17). The number of methoxy groups -OCH3 is 1. The molecule has 0 spiro atoms. The molecule has 1 heterocycles. The molecule has 7 heteroatoms. The molecule has 2 aromatic rings. The van der Waals surface area contributed by atoms with Crippen LogP contribution in [0, 0.1) is 0 Å². The third kappa shape index (κ3) is 3.74. The van der Waals surface area contributed by atoms with Gasteiger partial charge in [0.25, 0.3) is 0 Å². The number of anilines is 2. The zero-order valence-electron chi connectivity index (χ0n) is 10.3. The normalized spacial score (nSPS) is 10.4. The van der Waals surface area contributed by atoms with Crippen molar-refractivity contribution >= 4 is 39.3 Å². The molecule has 19 heavy (non-hydrogen) atoms. The first-order chi connectivity index (χ1) is 9.08. The molecule has 0 amide bonds. The molecule has 4 N–H and O–H groups in total. The maximum atomic E-state index is 5.63. The van der Waals surface area contributed by atoms with Crippen molar-refractivity contribution in [3.8, 4) is 5.75 Å². The van der Waals surface area contributed by atoms with Crippen LogP contribution >= 0.6 is 27.7 Å². The fraction of sp³-hybridized carbons (Fsp3) is 0.167. The Hall–Kier alpha value is -1.47. The van der Waals surface area contributed by atoms with Gasteiger partial charge in [-0.1, -0.05) is 27.7 Å². The highest BCUT2D eigenvalue weighted by Gasteiger charge is 2.07. The van der Waals surface area contributed by atoms with E-state index in [9.17, 15) is 0 Å². The van der Waals surface area contributed by atoms with Crippen LogP contribution in [0.5, 0.6) is 5.75 Å². The predicted molar refractivity (Wildman–Crippen MR) is 81.1 cm³/mol. The number of aromatic nitrogens is 2. The monoisotopic (exact) mass is 340 g/mol. The molecule has 0 atom stereocenters. The Balaban J connectivity index is 2.16. The van der Waals surface area contributed by atoms with Gasteiger partial charge >= 0.3 is 0 Å². The fourth-order valence-electron chi connectivity index (χ4n) is 1.53. The number of hydrogen-bond donors (Lipinski definition) is 2. The summed E-state index contributed by atoms with van der Waals surface area (Å²) in [5.41, 5.74) is 12.3. The van der Waals surface area contributed by atoms with Crippen LogP contribution in [-0.2, 0) is 5.75 Å². The maximum Gasteiger partial charge on any atom is 0.191 e. The summed E-state index contributed by atoms with van der Waals surface area (Å²) in [5, 5.41) is 0.555. The van der Waals surface area contributed by atoms with Crippen LogP contribution in [0.2, 0.25) is 0 Å². The lowest BCUT2D eigenvalue weighted by molar-refractivity contribution is 0.411. The molecule has 2 rings (SSSR count). The fourth-order valence-corrected chi connectivity index (χ4v) is 2.79. The minimum atomic E-state index is 0.371. The number of hydrogen-bond acceptors (Lipinski definition) is 6. The largest absolute Gasteiger partial charge is 0.496 e. The van der Waals surface area contributed by atoms with Gasteiger partial charge in [0.05, 0.1) is 7.11 Å². The SMILES string of the molecule is COc1ccc(Br)cc1CSc1nc(N)cc(N)n1. The smallest absolute Gasteiger partial charge is 0.191 e. The highest BCUT2D eigenvalue weighted by molar-refractivity contribution is 9.10. The number of thioether (sulfide) groups is 1. The van der Waals surface area contributed by atoms with E-state index in [4.69, 9.17) is 16.2 Å². The van der Waals surface area contributed by atoms with E-state index in [1.165, 1.54) is 17.8 Å². The lowest BCUT2D eigenvalue weighted by Crippen LogP contribution is -1.99. The van der Waals surface area contributed by atoms with E-state index in [0.29, 0.717) is 22.5 Å². The molecule has 0 saturated carbocycles. The van der Waals surface area contributed by atoms with Crippen molar-refractivity contribution in [3.05, 3.63) is 34.3 Å². The summed E-state index contributed by atoms with van der Waals surface area (Å²) in [4.78, 5) is 8.25. The molecule has 0 bridgehead atoms. The zero-order valence-corrected chi connectivity index (χ0v) is 12.7. The first-order valence-corrected chi connectivity index (χ1v) is 7.21. The number of nitrogen functional groups attached to an aromatic ring is 2. The molecule has 1 aromatic carbocycles. The number of ether oxygens (including phenoxy) is 1. The van der Waals surface area contributed by atoms with Crippen LogP contribution in [0.15, 0.2) is 33.9 Å². The van der Waals surface area contributed by atoms with Gasteiger partial charge < -0.3 is 16.2 Å². The topological polar surface area (TPSA) is 87.0 Å². The van der Waals surface area contributed by atoms with Crippen molar-refractivity contribution in [2.24, 2.45) is 0 Å². The third-order valence-electron chi connectivity index (χ3n) is 2.34. The van der Waals surface area contributed by atoms with Crippen molar-refractivity contribution in [1.82, 2.24) is 9.97 Å². The molecule has 0 saturated heterocycles. The lowest BCUT2D eigenvalue weighted by Gasteiger charge is -2.08. The molecular formula is C12H13BrN4OS. The van der Waals surface area contributed by atoms with E-state index < -0.39 is 0 Å². The maximum absolute atomic E-state index is 5.63. The summed E-state index contributed by atoms with van der Waals surface area (Å²) in [6, 6.07) is 7.38. The minimum Gasteiger partial charge on any atom is -0.496 e. The van der Waals surface area contributed by atoms with Gasteiger partial charge in [-0.2, -0.15) is 0 Å². The Morgan fingerprint density at radius 2 is 1.89 bits per heavy atom. The Kier molecular flexibility index (Phi) is 4.49. The Morgan fingerprint density at radius 3 is 2.53 bits per heavy atom. The summed E-state index contributed by atoms with van der Waals surface area (Å²) < 4.78 is 6.31. The van der Waals surface area contributed by atoms with Crippen molar-refractivity contribution < 1.29 is 4.74 Å². The quantitative estimate of drug-likeness (QED) is 0.657. The summed E-state index contributed by atoms with van der Waals surface area (Å²) >= 11 is 4.90. The molecule has 0 fully saturated rings. The van der Waals surface area contributed by atoms with Crippen LogP contribution < -0.4 is 16.2 Å². The second kappa shape index (κ2) is 6.12. The van der Waals surface area contributed by atoms with Gasteiger partial charge in [0.1, 0.15) is 17.4 Å². The second-order valence-electron chi connectivity index (χ2n) is 3.75. The zero-order chi connectivity index (χ0) is 13.8. The van der Waals surface area contributed by atoms with Crippen LogP contribution in [-0.4, -0.2) is 17.1 Å². The highest BCUT2D eigenvalue weighted by Crippen LogP contribution is 2.29. The summed E-state index contributed by atoms with van der Waals surface area (Å²) in [6.45, 7) is 0. The molecule has 0 aliphatic rings. The van der Waals surface area contributed by atoms with E-state index in [2.05, 4.69) is 25.9 Å². The molecule has 1 aromatic heterocycles. The van der Waals surface area contributed by atoms with Gasteiger partial charge in [0, 0.05) is 21.9 Å². The van der Waals surface area contributed by atoms with Gasteiger partial charge in [-0.05, 0) is 18.2 Å². The van der Waals surface area contributed by atoms with Crippen LogP contribution in [0.3, 0.4) is 0 Å². The second-order valence-corrected chi connectivity index (χ2v) is 5.60. The molecule has 5 nitrogen and oxygen atoms in total. The van der Waals surface area contributed by atoms with E-state index in [0.717, 1.165) is 15.8 Å². The van der Waals surface area contributed by atoms with Gasteiger partial charge in [0.15, 0.2) is 5.16 Å². The molecule has 0 aliphatic heterocycles. The summed E-state index contributed by atoms with van der Waals surface area (Å²) in [5.74, 6) is 2.24. The van der Waals surface area contributed by atoms with E-state index in [-0.39, 0.29) is 0 Å². The number of benzene rings is 1. The molecule has 0 radical (unpaired) electrons. The number of halogens is 1. The third-order valence-corrected chi connectivity index (χ3v) is 3.73. The van der Waals surface area contributed by atoms with E-state index >= 15 is 0 Å². The van der Waals surface area contributed by atoms with Crippen molar-refractivity contribution in [1.29, 1.82) is 0 Å². The lowest BCUT2D eigenvalue weighted by atomic mass is 10.2.